The fourth-order valence-corrected chi connectivity index (χ4v) is 2.79. The molecule has 1 aromatic heterocycles. The highest BCUT2D eigenvalue weighted by Crippen LogP contribution is 2.18. The van der Waals surface area contributed by atoms with Gasteiger partial charge in [0, 0.05) is 26.2 Å². The summed E-state index contributed by atoms with van der Waals surface area (Å²) in [6, 6.07) is 3.64. The number of piperidine rings is 1. The Morgan fingerprint density at radius 1 is 1.10 bits per heavy atom. The highest BCUT2D eigenvalue weighted by atomic mass is 16.3. The van der Waals surface area contributed by atoms with Gasteiger partial charge in [0.05, 0.1) is 6.10 Å². The van der Waals surface area contributed by atoms with Crippen LogP contribution in [0, 0.1) is 0 Å². The van der Waals surface area contributed by atoms with Crippen molar-refractivity contribution in [1.82, 2.24) is 15.1 Å². The zero-order chi connectivity index (χ0) is 13.9. The third kappa shape index (κ3) is 2.75. The van der Waals surface area contributed by atoms with Crippen LogP contribution in [-0.4, -0.2) is 58.4 Å². The highest BCUT2D eigenvalue weighted by molar-refractivity contribution is 5.92. The van der Waals surface area contributed by atoms with Crippen molar-refractivity contribution in [3.8, 4) is 0 Å². The number of hydrogen-bond donors (Lipinski definition) is 1. The number of hydrogen-bond acceptors (Lipinski definition) is 5. The normalized spacial score (nSPS) is 20.4. The largest absolute Gasteiger partial charge is 0.393 e. The van der Waals surface area contributed by atoms with Crippen molar-refractivity contribution in [1.29, 1.82) is 0 Å². The molecule has 3 rings (SSSR count). The highest BCUT2D eigenvalue weighted by Gasteiger charge is 2.23. The lowest BCUT2D eigenvalue weighted by molar-refractivity contribution is 0.0540. The minimum absolute atomic E-state index is 0.0858. The van der Waals surface area contributed by atoms with Crippen molar-refractivity contribution in [2.45, 2.75) is 31.8 Å². The van der Waals surface area contributed by atoms with Crippen LogP contribution in [0.1, 0.15) is 36.2 Å². The van der Waals surface area contributed by atoms with Gasteiger partial charge in [0.1, 0.15) is 0 Å². The summed E-state index contributed by atoms with van der Waals surface area (Å²) in [4.78, 5) is 16.2. The van der Waals surface area contributed by atoms with Crippen molar-refractivity contribution in [2.75, 3.05) is 31.1 Å². The summed E-state index contributed by atoms with van der Waals surface area (Å²) < 4.78 is 0. The molecule has 20 heavy (non-hydrogen) atoms. The zero-order valence-electron chi connectivity index (χ0n) is 11.5. The van der Waals surface area contributed by atoms with Crippen LogP contribution in [-0.2, 0) is 0 Å². The molecule has 0 spiro atoms. The number of anilines is 1. The van der Waals surface area contributed by atoms with Crippen LogP contribution in [0.25, 0.3) is 0 Å². The molecule has 2 aliphatic heterocycles. The number of likely N-dealkylation sites (tertiary alicyclic amines) is 1. The average molecular weight is 276 g/mol. The number of aromatic nitrogens is 2. The molecular formula is C14H20N4O2. The van der Waals surface area contributed by atoms with Crippen LogP contribution in [0.2, 0.25) is 0 Å². The molecule has 2 fully saturated rings. The molecule has 1 N–H and O–H groups in total. The second-order valence-corrected chi connectivity index (χ2v) is 5.49. The lowest BCUT2D eigenvalue weighted by Crippen LogP contribution is -2.40. The third-order valence-electron chi connectivity index (χ3n) is 4.05. The molecule has 6 nitrogen and oxygen atoms in total. The summed E-state index contributed by atoms with van der Waals surface area (Å²) in [6.45, 7) is 3.23. The van der Waals surface area contributed by atoms with Gasteiger partial charge in [0.25, 0.3) is 5.91 Å². The summed E-state index contributed by atoms with van der Waals surface area (Å²) in [7, 11) is 0. The van der Waals surface area contributed by atoms with Crippen molar-refractivity contribution in [2.24, 2.45) is 0 Å². The number of rotatable bonds is 2. The molecule has 2 saturated heterocycles. The van der Waals surface area contributed by atoms with E-state index in [9.17, 15) is 9.90 Å². The third-order valence-corrected chi connectivity index (χ3v) is 4.05. The second kappa shape index (κ2) is 5.75. The molecule has 0 radical (unpaired) electrons. The molecule has 6 heteroatoms. The van der Waals surface area contributed by atoms with Gasteiger partial charge in [-0.25, -0.2) is 0 Å². The molecule has 108 valence electrons. The molecule has 0 aliphatic carbocycles. The average Bonchev–Trinajstić information content (AvgIpc) is 3.02. The predicted octanol–water partition coefficient (Wildman–Crippen LogP) is 0.674. The van der Waals surface area contributed by atoms with E-state index >= 15 is 0 Å². The molecule has 0 atom stereocenters. The number of carbonyl (C=O) groups is 1. The molecule has 0 bridgehead atoms. The van der Waals surface area contributed by atoms with E-state index in [4.69, 9.17) is 0 Å². The van der Waals surface area contributed by atoms with E-state index in [1.807, 2.05) is 6.07 Å². The number of aliphatic hydroxyl groups excluding tert-OH is 1. The molecule has 0 unspecified atom stereocenters. The van der Waals surface area contributed by atoms with Gasteiger partial charge in [-0.15, -0.1) is 10.2 Å². The topological polar surface area (TPSA) is 69.6 Å². The van der Waals surface area contributed by atoms with Crippen molar-refractivity contribution < 1.29 is 9.90 Å². The monoisotopic (exact) mass is 276 g/mol. The van der Waals surface area contributed by atoms with Crippen LogP contribution < -0.4 is 4.90 Å². The van der Waals surface area contributed by atoms with E-state index in [-0.39, 0.29) is 12.0 Å². The lowest BCUT2D eigenvalue weighted by Gasteiger charge is -2.29. The number of amides is 1. The van der Waals surface area contributed by atoms with Crippen LogP contribution in [0.15, 0.2) is 12.1 Å². The molecule has 1 aromatic rings. The molecule has 0 saturated carbocycles. The smallest absolute Gasteiger partial charge is 0.274 e. The Hall–Kier alpha value is -1.69. The fraction of sp³-hybridized carbons (Fsp3) is 0.643. The minimum Gasteiger partial charge on any atom is -0.393 e. The number of nitrogens with zero attached hydrogens (tertiary/aromatic N) is 4. The first-order valence-corrected chi connectivity index (χ1v) is 7.30. The van der Waals surface area contributed by atoms with E-state index in [2.05, 4.69) is 15.1 Å². The van der Waals surface area contributed by atoms with E-state index in [1.54, 1.807) is 11.0 Å². The van der Waals surface area contributed by atoms with Crippen LogP contribution >= 0.6 is 0 Å². The minimum atomic E-state index is -0.275. The number of aliphatic hydroxyl groups is 1. The van der Waals surface area contributed by atoms with Crippen LogP contribution in [0.4, 0.5) is 5.82 Å². The Morgan fingerprint density at radius 2 is 1.80 bits per heavy atom. The fourth-order valence-electron chi connectivity index (χ4n) is 2.79. The summed E-state index contributed by atoms with van der Waals surface area (Å²) in [6.07, 6.45) is 3.40. The first-order valence-electron chi connectivity index (χ1n) is 7.30. The summed E-state index contributed by atoms with van der Waals surface area (Å²) in [5.41, 5.74) is 0.393. The van der Waals surface area contributed by atoms with E-state index in [0.29, 0.717) is 31.6 Å². The Kier molecular flexibility index (Phi) is 3.82. The van der Waals surface area contributed by atoms with Gasteiger partial charge in [0.15, 0.2) is 11.5 Å². The van der Waals surface area contributed by atoms with Gasteiger partial charge in [-0.3, -0.25) is 4.79 Å². The van der Waals surface area contributed by atoms with Gasteiger partial charge < -0.3 is 14.9 Å². The van der Waals surface area contributed by atoms with E-state index in [0.717, 1.165) is 18.9 Å². The first-order chi connectivity index (χ1) is 9.74. The number of carbonyl (C=O) groups excluding carboxylic acids is 1. The molecule has 0 aromatic carbocycles. The van der Waals surface area contributed by atoms with Gasteiger partial charge >= 0.3 is 0 Å². The molecule has 2 aliphatic rings. The van der Waals surface area contributed by atoms with Gasteiger partial charge in [-0.2, -0.15) is 0 Å². The maximum Gasteiger partial charge on any atom is 0.274 e. The Bertz CT molecular complexity index is 463. The van der Waals surface area contributed by atoms with E-state index < -0.39 is 0 Å². The second-order valence-electron chi connectivity index (χ2n) is 5.49. The Balaban J connectivity index is 1.66. The Labute approximate surface area is 118 Å². The maximum absolute atomic E-state index is 12.3. The van der Waals surface area contributed by atoms with Crippen LogP contribution in [0.3, 0.4) is 0 Å². The first kappa shape index (κ1) is 13.3. The lowest BCUT2D eigenvalue weighted by atomic mass is 10.1. The molecular weight excluding hydrogens is 256 g/mol. The summed E-state index contributed by atoms with van der Waals surface area (Å²) >= 11 is 0. The summed E-state index contributed by atoms with van der Waals surface area (Å²) in [5, 5.41) is 17.7. The van der Waals surface area contributed by atoms with Crippen molar-refractivity contribution >= 4 is 11.7 Å². The van der Waals surface area contributed by atoms with E-state index in [1.165, 1.54) is 12.8 Å². The van der Waals surface area contributed by atoms with Gasteiger partial charge in [-0.05, 0) is 37.8 Å². The zero-order valence-corrected chi connectivity index (χ0v) is 11.5. The standard InChI is InChI=1S/C14H20N4O2/c19-11-5-9-18(10-6-11)14(20)12-3-4-13(16-15-12)17-7-1-2-8-17/h3-4,11,19H,1-2,5-10H2. The summed E-state index contributed by atoms with van der Waals surface area (Å²) in [5.74, 6) is 0.769. The molecule has 3 heterocycles. The van der Waals surface area contributed by atoms with Crippen molar-refractivity contribution in [3.63, 3.8) is 0 Å². The molecule has 1 amide bonds. The quantitative estimate of drug-likeness (QED) is 0.860. The maximum atomic E-state index is 12.3. The Morgan fingerprint density at radius 3 is 2.40 bits per heavy atom. The van der Waals surface area contributed by atoms with Gasteiger partial charge in [0.2, 0.25) is 0 Å². The van der Waals surface area contributed by atoms with Crippen LogP contribution in [0.5, 0.6) is 0 Å². The SMILES string of the molecule is O=C(c1ccc(N2CCCC2)nn1)N1CCC(O)CC1. The van der Waals surface area contributed by atoms with Gasteiger partial charge in [-0.1, -0.05) is 0 Å². The van der Waals surface area contributed by atoms with Crippen molar-refractivity contribution in [3.05, 3.63) is 17.8 Å². The predicted molar refractivity (Wildman–Crippen MR) is 74.6 cm³/mol.